The fourth-order valence-electron chi connectivity index (χ4n) is 3.09. The number of nitrogens with zero attached hydrogens (tertiary/aromatic N) is 1. The van der Waals surface area contributed by atoms with Crippen molar-refractivity contribution in [3.8, 4) is 11.5 Å². The number of aryl methyl sites for hydroxylation is 1. The summed E-state index contributed by atoms with van der Waals surface area (Å²) < 4.78 is 10.6. The van der Waals surface area contributed by atoms with Crippen molar-refractivity contribution in [1.82, 2.24) is 0 Å². The number of para-hydroxylation sites is 1. The number of benzene rings is 3. The fourth-order valence-corrected chi connectivity index (χ4v) is 3.35. The van der Waals surface area contributed by atoms with Gasteiger partial charge in [0.25, 0.3) is 17.5 Å². The van der Waals surface area contributed by atoms with Gasteiger partial charge in [0.1, 0.15) is 0 Å². The molecule has 0 fully saturated rings. The van der Waals surface area contributed by atoms with Crippen molar-refractivity contribution >= 4 is 40.5 Å². The van der Waals surface area contributed by atoms with E-state index in [2.05, 4.69) is 10.6 Å². The number of nitro groups is 1. The number of non-ortho nitro benzene ring substituents is 1. The summed E-state index contributed by atoms with van der Waals surface area (Å²) in [6.07, 6.45) is 0. The van der Waals surface area contributed by atoms with Gasteiger partial charge in [-0.15, -0.1) is 0 Å². The van der Waals surface area contributed by atoms with Crippen LogP contribution >= 0.6 is 11.6 Å². The fraction of sp³-hybridized carbons (Fsp3) is 0.130. The molecule has 170 valence electrons. The van der Waals surface area contributed by atoms with Gasteiger partial charge >= 0.3 is 0 Å². The first-order valence-corrected chi connectivity index (χ1v) is 10.0. The standard InChI is InChI=1S/C23H20ClN3O6/c1-13-10-20(32-2)21(33-3)12-19(13)26-23(29)16-6-4-5-7-18(16)25-22(28)15-9-8-14(27(30)31)11-17(15)24/h4-12H,1-3H3,(H,25,28)(H,26,29). The van der Waals surface area contributed by atoms with E-state index in [1.54, 1.807) is 36.4 Å². The second kappa shape index (κ2) is 10.0. The lowest BCUT2D eigenvalue weighted by atomic mass is 10.1. The molecule has 9 nitrogen and oxygen atoms in total. The summed E-state index contributed by atoms with van der Waals surface area (Å²) in [5.41, 5.74) is 1.51. The van der Waals surface area contributed by atoms with E-state index in [4.69, 9.17) is 21.1 Å². The van der Waals surface area contributed by atoms with Crippen LogP contribution in [0.5, 0.6) is 11.5 Å². The number of nitrogens with one attached hydrogen (secondary N) is 2. The molecule has 3 rings (SSSR count). The Kier molecular flexibility index (Phi) is 7.14. The third kappa shape index (κ3) is 5.21. The van der Waals surface area contributed by atoms with Crippen molar-refractivity contribution in [2.24, 2.45) is 0 Å². The Bertz CT molecular complexity index is 1240. The first-order chi connectivity index (χ1) is 15.7. The van der Waals surface area contributed by atoms with E-state index in [0.717, 1.165) is 11.6 Å². The van der Waals surface area contributed by atoms with Crippen LogP contribution in [-0.4, -0.2) is 31.0 Å². The van der Waals surface area contributed by atoms with Gasteiger partial charge in [0, 0.05) is 23.9 Å². The second-order valence-corrected chi connectivity index (χ2v) is 7.30. The number of hydrogen-bond acceptors (Lipinski definition) is 6. The van der Waals surface area contributed by atoms with Gasteiger partial charge in [-0.1, -0.05) is 23.7 Å². The second-order valence-electron chi connectivity index (χ2n) is 6.90. The SMILES string of the molecule is COc1cc(C)c(NC(=O)c2ccccc2NC(=O)c2ccc([N+](=O)[O-])cc2Cl)cc1OC. The number of anilines is 2. The monoisotopic (exact) mass is 469 g/mol. The molecule has 0 aliphatic carbocycles. The average Bonchev–Trinajstić information content (AvgIpc) is 2.80. The van der Waals surface area contributed by atoms with E-state index < -0.39 is 16.7 Å². The molecule has 0 radical (unpaired) electrons. The van der Waals surface area contributed by atoms with Gasteiger partial charge in [-0.05, 0) is 36.8 Å². The Morgan fingerprint density at radius 2 is 1.48 bits per heavy atom. The molecule has 0 aromatic heterocycles. The summed E-state index contributed by atoms with van der Waals surface area (Å²) in [4.78, 5) is 36.0. The Balaban J connectivity index is 1.86. The van der Waals surface area contributed by atoms with Gasteiger partial charge in [0.15, 0.2) is 11.5 Å². The molecular formula is C23H20ClN3O6. The van der Waals surface area contributed by atoms with E-state index in [1.807, 2.05) is 6.92 Å². The van der Waals surface area contributed by atoms with Crippen LogP contribution in [0.15, 0.2) is 54.6 Å². The maximum Gasteiger partial charge on any atom is 0.270 e. The molecule has 3 aromatic rings. The molecule has 0 aliphatic rings. The molecule has 0 spiro atoms. The van der Waals surface area contributed by atoms with Crippen LogP contribution in [0.4, 0.5) is 17.1 Å². The van der Waals surface area contributed by atoms with E-state index in [1.165, 1.54) is 26.4 Å². The molecule has 0 aliphatic heterocycles. The first-order valence-electron chi connectivity index (χ1n) is 9.63. The number of ether oxygens (including phenoxy) is 2. The zero-order valence-electron chi connectivity index (χ0n) is 18.0. The Morgan fingerprint density at radius 1 is 0.879 bits per heavy atom. The summed E-state index contributed by atoms with van der Waals surface area (Å²) in [6, 6.07) is 13.3. The third-order valence-corrected chi connectivity index (χ3v) is 5.12. The minimum absolute atomic E-state index is 0.0354. The van der Waals surface area contributed by atoms with E-state index in [9.17, 15) is 19.7 Å². The molecule has 0 bridgehead atoms. The van der Waals surface area contributed by atoms with Crippen molar-refractivity contribution in [2.45, 2.75) is 6.92 Å². The average molecular weight is 470 g/mol. The Labute approximate surface area is 194 Å². The van der Waals surface area contributed by atoms with E-state index in [-0.39, 0.29) is 27.5 Å². The van der Waals surface area contributed by atoms with Gasteiger partial charge < -0.3 is 20.1 Å². The van der Waals surface area contributed by atoms with Crippen LogP contribution in [0, 0.1) is 17.0 Å². The van der Waals surface area contributed by atoms with Crippen molar-refractivity contribution in [3.05, 3.63) is 86.4 Å². The molecule has 33 heavy (non-hydrogen) atoms. The number of carbonyl (C=O) groups excluding carboxylic acids is 2. The lowest BCUT2D eigenvalue weighted by Gasteiger charge is -2.15. The largest absolute Gasteiger partial charge is 0.493 e. The highest BCUT2D eigenvalue weighted by Crippen LogP contribution is 2.33. The van der Waals surface area contributed by atoms with Crippen LogP contribution in [0.2, 0.25) is 5.02 Å². The number of methoxy groups -OCH3 is 2. The van der Waals surface area contributed by atoms with Crippen LogP contribution in [0.1, 0.15) is 26.3 Å². The Hall–Kier alpha value is -4.11. The zero-order valence-corrected chi connectivity index (χ0v) is 18.7. The highest BCUT2D eigenvalue weighted by Gasteiger charge is 2.19. The van der Waals surface area contributed by atoms with Gasteiger partial charge in [-0.25, -0.2) is 0 Å². The van der Waals surface area contributed by atoms with Gasteiger partial charge in [-0.2, -0.15) is 0 Å². The summed E-state index contributed by atoms with van der Waals surface area (Å²) >= 11 is 6.05. The van der Waals surface area contributed by atoms with E-state index >= 15 is 0 Å². The topological polar surface area (TPSA) is 120 Å². The minimum atomic E-state index is -0.613. The normalized spacial score (nSPS) is 10.3. The third-order valence-electron chi connectivity index (χ3n) is 4.81. The number of amides is 2. The maximum absolute atomic E-state index is 13.0. The summed E-state index contributed by atoms with van der Waals surface area (Å²) in [7, 11) is 3.01. The van der Waals surface area contributed by atoms with Crippen LogP contribution in [-0.2, 0) is 0 Å². The zero-order chi connectivity index (χ0) is 24.1. The summed E-state index contributed by atoms with van der Waals surface area (Å²) in [5, 5.41) is 16.3. The molecule has 0 heterocycles. The molecule has 3 aromatic carbocycles. The molecule has 0 unspecified atom stereocenters. The maximum atomic E-state index is 13.0. The molecule has 0 saturated carbocycles. The lowest BCUT2D eigenvalue weighted by molar-refractivity contribution is -0.384. The number of halogens is 1. The smallest absolute Gasteiger partial charge is 0.270 e. The highest BCUT2D eigenvalue weighted by molar-refractivity contribution is 6.34. The van der Waals surface area contributed by atoms with E-state index in [0.29, 0.717) is 17.2 Å². The molecule has 0 saturated heterocycles. The predicted octanol–water partition coefficient (Wildman–Crippen LogP) is 5.08. The van der Waals surface area contributed by atoms with Gasteiger partial charge in [0.2, 0.25) is 0 Å². The number of hydrogen-bond donors (Lipinski definition) is 2. The van der Waals surface area contributed by atoms with Gasteiger partial charge in [0.05, 0.1) is 41.0 Å². The first kappa shape index (κ1) is 23.6. The molecule has 0 atom stereocenters. The quantitative estimate of drug-likeness (QED) is 0.368. The minimum Gasteiger partial charge on any atom is -0.493 e. The molecule has 2 amide bonds. The van der Waals surface area contributed by atoms with Crippen molar-refractivity contribution in [2.75, 3.05) is 24.9 Å². The lowest BCUT2D eigenvalue weighted by Crippen LogP contribution is -2.19. The van der Waals surface area contributed by atoms with Crippen LogP contribution < -0.4 is 20.1 Å². The Morgan fingerprint density at radius 3 is 2.12 bits per heavy atom. The van der Waals surface area contributed by atoms with Gasteiger partial charge in [-0.3, -0.25) is 19.7 Å². The van der Waals surface area contributed by atoms with Crippen LogP contribution in [0.3, 0.4) is 0 Å². The van der Waals surface area contributed by atoms with Crippen molar-refractivity contribution in [1.29, 1.82) is 0 Å². The molecular weight excluding hydrogens is 450 g/mol. The summed E-state index contributed by atoms with van der Waals surface area (Å²) in [6.45, 7) is 1.81. The van der Waals surface area contributed by atoms with Crippen molar-refractivity contribution in [3.63, 3.8) is 0 Å². The number of carbonyl (C=O) groups is 2. The van der Waals surface area contributed by atoms with Crippen molar-refractivity contribution < 1.29 is 24.0 Å². The highest BCUT2D eigenvalue weighted by atomic mass is 35.5. The summed E-state index contributed by atoms with van der Waals surface area (Å²) in [5.74, 6) is -0.0955. The molecule has 2 N–H and O–H groups in total. The number of nitro benzene ring substituents is 1. The predicted molar refractivity (Wildman–Crippen MR) is 125 cm³/mol. The molecule has 10 heteroatoms. The number of rotatable bonds is 7. The van der Waals surface area contributed by atoms with Crippen LogP contribution in [0.25, 0.3) is 0 Å².